The molecule has 0 aliphatic carbocycles. The molecule has 1 aliphatic rings. The van der Waals surface area contributed by atoms with Crippen LogP contribution >= 0.6 is 22.6 Å². The van der Waals surface area contributed by atoms with E-state index >= 15 is 0 Å². The van der Waals surface area contributed by atoms with Crippen LogP contribution in [0.2, 0.25) is 0 Å². The lowest BCUT2D eigenvalue weighted by Gasteiger charge is -2.15. The van der Waals surface area contributed by atoms with Gasteiger partial charge in [0.05, 0.1) is 11.4 Å². The number of nitrogens with zero attached hydrogens (tertiary/aromatic N) is 6. The van der Waals surface area contributed by atoms with E-state index in [-0.39, 0.29) is 11.9 Å². The highest BCUT2D eigenvalue weighted by Gasteiger charge is 2.29. The SMILES string of the molecule is CN(C)CC=CC(=O)N1CC[C@@H](n2nc(I)c3c(N)ncnc32)C1. The van der Waals surface area contributed by atoms with Crippen molar-refractivity contribution in [1.29, 1.82) is 0 Å². The van der Waals surface area contributed by atoms with Crippen molar-refractivity contribution in [2.75, 3.05) is 39.5 Å². The molecule has 1 amide bonds. The number of likely N-dealkylation sites (N-methyl/N-ethyl adjacent to an activating group) is 1. The standard InChI is InChI=1S/C15H20IN7O/c1-21(2)6-3-4-11(24)22-7-5-10(8-22)23-15-12(13(16)20-23)14(17)18-9-19-15/h3-4,9-10H,5-8H2,1-2H3,(H2,17,18,19)/t10-/m1/s1. The Balaban J connectivity index is 1.76. The summed E-state index contributed by atoms with van der Waals surface area (Å²) in [6.45, 7) is 2.09. The van der Waals surface area contributed by atoms with Crippen LogP contribution in [-0.2, 0) is 4.79 Å². The second kappa shape index (κ2) is 7.01. The first-order chi connectivity index (χ1) is 11.5. The van der Waals surface area contributed by atoms with Crippen molar-refractivity contribution < 1.29 is 4.79 Å². The molecule has 9 heteroatoms. The van der Waals surface area contributed by atoms with Crippen LogP contribution in [-0.4, -0.2) is 69.2 Å². The van der Waals surface area contributed by atoms with E-state index in [0.29, 0.717) is 18.9 Å². The lowest BCUT2D eigenvalue weighted by molar-refractivity contribution is -0.125. The molecular formula is C15H20IN7O. The average molecular weight is 441 g/mol. The molecule has 0 spiro atoms. The number of nitrogens with two attached hydrogens (primary N) is 1. The summed E-state index contributed by atoms with van der Waals surface area (Å²) in [6.07, 6.45) is 5.83. The average Bonchev–Trinajstić information content (AvgIpc) is 3.12. The highest BCUT2D eigenvalue weighted by molar-refractivity contribution is 14.1. The molecule has 0 saturated carbocycles. The second-order valence-electron chi connectivity index (χ2n) is 6.08. The first kappa shape index (κ1) is 17.1. The molecule has 24 heavy (non-hydrogen) atoms. The van der Waals surface area contributed by atoms with Gasteiger partial charge in [-0.2, -0.15) is 5.10 Å². The zero-order chi connectivity index (χ0) is 17.3. The largest absolute Gasteiger partial charge is 0.383 e. The molecule has 3 heterocycles. The first-order valence-electron chi connectivity index (χ1n) is 7.71. The number of carbonyl (C=O) groups is 1. The number of halogens is 1. The smallest absolute Gasteiger partial charge is 0.246 e. The Bertz CT molecular complexity index is 785. The van der Waals surface area contributed by atoms with Crippen LogP contribution in [0.25, 0.3) is 11.0 Å². The van der Waals surface area contributed by atoms with Gasteiger partial charge in [0.15, 0.2) is 5.65 Å². The van der Waals surface area contributed by atoms with Crippen molar-refractivity contribution in [2.45, 2.75) is 12.5 Å². The summed E-state index contributed by atoms with van der Waals surface area (Å²) in [6, 6.07) is 0.108. The predicted octanol–water partition coefficient (Wildman–Crippen LogP) is 0.904. The minimum Gasteiger partial charge on any atom is -0.383 e. The van der Waals surface area contributed by atoms with Crippen molar-refractivity contribution in [3.8, 4) is 0 Å². The molecule has 0 aromatic carbocycles. The second-order valence-corrected chi connectivity index (χ2v) is 7.11. The molecule has 2 aromatic heterocycles. The van der Waals surface area contributed by atoms with E-state index in [2.05, 4.69) is 37.7 Å². The van der Waals surface area contributed by atoms with E-state index in [0.717, 1.165) is 27.7 Å². The van der Waals surface area contributed by atoms with Crippen molar-refractivity contribution >= 4 is 45.3 Å². The number of anilines is 1. The fraction of sp³-hybridized carbons (Fsp3) is 0.467. The summed E-state index contributed by atoms with van der Waals surface area (Å²) < 4.78 is 2.67. The first-order valence-corrected chi connectivity index (χ1v) is 8.79. The zero-order valence-electron chi connectivity index (χ0n) is 13.7. The van der Waals surface area contributed by atoms with Gasteiger partial charge in [-0.05, 0) is 43.1 Å². The third-order valence-corrected chi connectivity index (χ3v) is 4.78. The van der Waals surface area contributed by atoms with E-state index in [9.17, 15) is 4.79 Å². The Labute approximate surface area is 153 Å². The number of aromatic nitrogens is 4. The topological polar surface area (TPSA) is 93.2 Å². The molecule has 2 aromatic rings. The number of carbonyl (C=O) groups excluding carboxylic acids is 1. The minimum absolute atomic E-state index is 0.0413. The molecule has 1 fully saturated rings. The fourth-order valence-electron chi connectivity index (χ4n) is 2.82. The van der Waals surface area contributed by atoms with E-state index in [1.807, 2.05) is 34.7 Å². The summed E-state index contributed by atoms with van der Waals surface area (Å²) >= 11 is 2.15. The van der Waals surface area contributed by atoms with Gasteiger partial charge in [0.2, 0.25) is 5.91 Å². The van der Waals surface area contributed by atoms with Gasteiger partial charge in [0, 0.05) is 25.7 Å². The van der Waals surface area contributed by atoms with Crippen LogP contribution in [0.3, 0.4) is 0 Å². The normalized spacial score (nSPS) is 18.3. The molecule has 1 aliphatic heterocycles. The lowest BCUT2D eigenvalue weighted by atomic mass is 10.2. The highest BCUT2D eigenvalue weighted by atomic mass is 127. The highest BCUT2D eigenvalue weighted by Crippen LogP contribution is 2.29. The van der Waals surface area contributed by atoms with Gasteiger partial charge in [-0.3, -0.25) is 4.79 Å². The summed E-state index contributed by atoms with van der Waals surface area (Å²) in [5, 5.41) is 5.36. The maximum atomic E-state index is 12.3. The van der Waals surface area contributed by atoms with Gasteiger partial charge >= 0.3 is 0 Å². The maximum Gasteiger partial charge on any atom is 0.246 e. The van der Waals surface area contributed by atoms with E-state index in [1.54, 1.807) is 6.08 Å². The molecular weight excluding hydrogens is 421 g/mol. The van der Waals surface area contributed by atoms with Crippen LogP contribution in [0.5, 0.6) is 0 Å². The lowest BCUT2D eigenvalue weighted by Crippen LogP contribution is -2.28. The summed E-state index contributed by atoms with van der Waals surface area (Å²) in [4.78, 5) is 24.5. The van der Waals surface area contributed by atoms with E-state index in [1.165, 1.54) is 6.33 Å². The molecule has 128 valence electrons. The number of nitrogen functional groups attached to an aromatic ring is 1. The summed E-state index contributed by atoms with van der Waals surface area (Å²) in [5.41, 5.74) is 6.67. The van der Waals surface area contributed by atoms with Crippen molar-refractivity contribution in [1.82, 2.24) is 29.5 Å². The van der Waals surface area contributed by atoms with Crippen LogP contribution in [0.4, 0.5) is 5.82 Å². The Kier molecular flexibility index (Phi) is 4.99. The number of rotatable bonds is 4. The zero-order valence-corrected chi connectivity index (χ0v) is 15.8. The van der Waals surface area contributed by atoms with Gasteiger partial charge in [-0.15, -0.1) is 0 Å². The van der Waals surface area contributed by atoms with Crippen molar-refractivity contribution in [3.63, 3.8) is 0 Å². The third-order valence-electron chi connectivity index (χ3n) is 4.03. The predicted molar refractivity (Wildman–Crippen MR) is 100 cm³/mol. The van der Waals surface area contributed by atoms with Gasteiger partial charge in [-0.25, -0.2) is 14.6 Å². The van der Waals surface area contributed by atoms with Crippen molar-refractivity contribution in [3.05, 3.63) is 22.2 Å². The number of hydrogen-bond acceptors (Lipinski definition) is 6. The molecule has 0 bridgehead atoms. The Hall–Kier alpha value is -1.75. The quantitative estimate of drug-likeness (QED) is 0.560. The van der Waals surface area contributed by atoms with Crippen LogP contribution in [0.1, 0.15) is 12.5 Å². The fourth-order valence-corrected chi connectivity index (χ4v) is 3.57. The minimum atomic E-state index is 0.0413. The monoisotopic (exact) mass is 441 g/mol. The number of fused-ring (bicyclic) bond motifs is 1. The number of amides is 1. The molecule has 1 atom stereocenters. The van der Waals surface area contributed by atoms with E-state index in [4.69, 9.17) is 5.73 Å². The Morgan fingerprint density at radius 2 is 2.29 bits per heavy atom. The third kappa shape index (κ3) is 3.36. The van der Waals surface area contributed by atoms with Gasteiger partial charge < -0.3 is 15.5 Å². The number of likely N-dealkylation sites (tertiary alicyclic amines) is 1. The van der Waals surface area contributed by atoms with Crippen molar-refractivity contribution in [2.24, 2.45) is 0 Å². The molecule has 1 saturated heterocycles. The van der Waals surface area contributed by atoms with Crippen LogP contribution in [0.15, 0.2) is 18.5 Å². The van der Waals surface area contributed by atoms with Crippen LogP contribution in [0, 0.1) is 3.70 Å². The van der Waals surface area contributed by atoms with Gasteiger partial charge in [0.25, 0.3) is 0 Å². The molecule has 8 nitrogen and oxygen atoms in total. The van der Waals surface area contributed by atoms with Gasteiger partial charge in [-0.1, -0.05) is 6.08 Å². The molecule has 0 radical (unpaired) electrons. The van der Waals surface area contributed by atoms with Crippen LogP contribution < -0.4 is 5.73 Å². The molecule has 0 unspecified atom stereocenters. The Morgan fingerprint density at radius 1 is 1.50 bits per heavy atom. The van der Waals surface area contributed by atoms with Gasteiger partial charge in [0.1, 0.15) is 15.8 Å². The van der Waals surface area contributed by atoms with E-state index < -0.39 is 0 Å². The maximum absolute atomic E-state index is 12.3. The summed E-state index contributed by atoms with van der Waals surface area (Å²) in [7, 11) is 3.94. The number of hydrogen-bond donors (Lipinski definition) is 1. The Morgan fingerprint density at radius 3 is 3.04 bits per heavy atom. The molecule has 2 N–H and O–H groups in total. The summed E-state index contributed by atoms with van der Waals surface area (Å²) in [5.74, 6) is 0.479. The molecule has 3 rings (SSSR count).